The van der Waals surface area contributed by atoms with Crippen molar-refractivity contribution >= 4 is 11.9 Å². The Kier molecular flexibility index (Phi) is 4.39. The van der Waals surface area contributed by atoms with Crippen LogP contribution in [0.5, 0.6) is 0 Å². The number of rotatable bonds is 4. The number of alkyl halides is 3. The van der Waals surface area contributed by atoms with Crippen LogP contribution in [0.25, 0.3) is 0 Å². The van der Waals surface area contributed by atoms with E-state index in [1.54, 1.807) is 0 Å². The number of carbonyl (C=O) groups is 2. The molecule has 0 atom stereocenters. The summed E-state index contributed by atoms with van der Waals surface area (Å²) in [6.45, 7) is 0. The minimum atomic E-state index is -4.52. The number of aromatic nitrogens is 1. The molecule has 2 N–H and O–H groups in total. The average Bonchev–Trinajstić information content (AvgIpc) is 2.85. The number of carboxylic acid groups (broad SMARTS) is 1. The number of hydrogen-bond donors (Lipinski definition) is 2. The molecule has 1 aliphatic rings. The van der Waals surface area contributed by atoms with Crippen molar-refractivity contribution in [1.82, 2.24) is 10.3 Å². The molecule has 0 spiro atoms. The highest BCUT2D eigenvalue weighted by Crippen LogP contribution is 2.33. The second kappa shape index (κ2) is 5.94. The van der Waals surface area contributed by atoms with Gasteiger partial charge in [0, 0.05) is 6.20 Å². The molecule has 1 saturated carbocycles. The van der Waals surface area contributed by atoms with Crippen LogP contribution in [0, 0.1) is 0 Å². The molecule has 0 unspecified atom stereocenters. The molecule has 8 heteroatoms. The molecular weight excluding hydrogens is 301 g/mol. The Bertz CT molecular complexity index is 564. The molecule has 22 heavy (non-hydrogen) atoms. The fourth-order valence-corrected chi connectivity index (χ4v) is 2.69. The van der Waals surface area contributed by atoms with Gasteiger partial charge in [0.2, 0.25) is 0 Å². The van der Waals surface area contributed by atoms with Crippen LogP contribution in [0.15, 0.2) is 18.3 Å². The summed E-state index contributed by atoms with van der Waals surface area (Å²) < 4.78 is 37.3. The van der Waals surface area contributed by atoms with Gasteiger partial charge in [0.05, 0.1) is 17.5 Å². The van der Waals surface area contributed by atoms with Gasteiger partial charge < -0.3 is 10.4 Å². The first kappa shape index (κ1) is 16.3. The second-order valence-corrected chi connectivity index (χ2v) is 5.44. The Morgan fingerprint density at radius 2 is 1.91 bits per heavy atom. The highest BCUT2D eigenvalue weighted by Gasteiger charge is 2.38. The molecule has 0 aliphatic heterocycles. The van der Waals surface area contributed by atoms with E-state index in [0.29, 0.717) is 19.0 Å². The van der Waals surface area contributed by atoms with Gasteiger partial charge in [-0.15, -0.1) is 0 Å². The number of amides is 1. The van der Waals surface area contributed by atoms with Crippen LogP contribution in [0.4, 0.5) is 13.2 Å². The first-order valence-corrected chi connectivity index (χ1v) is 6.79. The molecule has 1 heterocycles. The van der Waals surface area contributed by atoms with Gasteiger partial charge >= 0.3 is 12.1 Å². The van der Waals surface area contributed by atoms with E-state index >= 15 is 0 Å². The molecule has 1 aliphatic carbocycles. The molecular formula is C14H15F3N2O3. The fraction of sp³-hybridized carbons (Fsp3) is 0.500. The molecule has 2 rings (SSSR count). The Morgan fingerprint density at radius 1 is 1.27 bits per heavy atom. The highest BCUT2D eigenvalue weighted by atomic mass is 19.4. The molecule has 0 radical (unpaired) electrons. The fourth-order valence-electron chi connectivity index (χ4n) is 2.69. The lowest BCUT2D eigenvalue weighted by Gasteiger charge is -2.28. The first-order valence-electron chi connectivity index (χ1n) is 6.79. The number of carbonyl (C=O) groups excluding carboxylic acids is 1. The van der Waals surface area contributed by atoms with Crippen molar-refractivity contribution in [1.29, 1.82) is 0 Å². The molecule has 1 amide bonds. The van der Waals surface area contributed by atoms with Crippen LogP contribution < -0.4 is 5.32 Å². The number of aliphatic carboxylic acids is 1. The summed E-state index contributed by atoms with van der Waals surface area (Å²) in [6, 6.07) is 1.77. The SMILES string of the molecule is O=C(O)CC1(NC(=O)c2ccc(C(F)(F)F)cn2)CCCC1. The zero-order chi connectivity index (χ0) is 16.4. The second-order valence-electron chi connectivity index (χ2n) is 5.44. The quantitative estimate of drug-likeness (QED) is 0.895. The maximum Gasteiger partial charge on any atom is 0.417 e. The highest BCUT2D eigenvalue weighted by molar-refractivity contribution is 5.93. The lowest BCUT2D eigenvalue weighted by Crippen LogP contribution is -2.48. The van der Waals surface area contributed by atoms with Gasteiger partial charge in [0.1, 0.15) is 5.69 Å². The summed E-state index contributed by atoms with van der Waals surface area (Å²) in [5.41, 5.74) is -1.94. The van der Waals surface area contributed by atoms with Crippen LogP contribution in [0.2, 0.25) is 0 Å². The third kappa shape index (κ3) is 3.75. The number of hydrogen-bond acceptors (Lipinski definition) is 3. The molecule has 5 nitrogen and oxygen atoms in total. The van der Waals surface area contributed by atoms with Gasteiger partial charge in [0.15, 0.2) is 0 Å². The molecule has 0 saturated heterocycles. The lowest BCUT2D eigenvalue weighted by molar-refractivity contribution is -0.139. The van der Waals surface area contributed by atoms with Crippen molar-refractivity contribution in [3.05, 3.63) is 29.6 Å². The van der Waals surface area contributed by atoms with E-state index in [9.17, 15) is 22.8 Å². The van der Waals surface area contributed by atoms with Crippen molar-refractivity contribution in [3.8, 4) is 0 Å². The van der Waals surface area contributed by atoms with Gasteiger partial charge in [-0.1, -0.05) is 12.8 Å². The Balaban J connectivity index is 2.12. The van der Waals surface area contributed by atoms with Gasteiger partial charge in [-0.25, -0.2) is 0 Å². The average molecular weight is 316 g/mol. The molecule has 0 aromatic carbocycles. The molecule has 0 bridgehead atoms. The maximum absolute atomic E-state index is 12.4. The van der Waals surface area contributed by atoms with Crippen molar-refractivity contribution in [3.63, 3.8) is 0 Å². The standard InChI is InChI=1S/C14H15F3N2O3/c15-14(16,17)9-3-4-10(18-8-9)12(22)19-13(7-11(20)21)5-1-2-6-13/h3-4,8H,1-2,5-7H2,(H,19,22)(H,20,21). The van der Waals surface area contributed by atoms with Gasteiger partial charge in [-0.3, -0.25) is 14.6 Å². The third-order valence-electron chi connectivity index (χ3n) is 3.75. The zero-order valence-corrected chi connectivity index (χ0v) is 11.6. The lowest BCUT2D eigenvalue weighted by atomic mass is 9.93. The summed E-state index contributed by atoms with van der Waals surface area (Å²) in [4.78, 5) is 26.6. The van der Waals surface area contributed by atoms with Crippen molar-refractivity contribution in [2.24, 2.45) is 0 Å². The molecule has 120 valence electrons. The minimum absolute atomic E-state index is 0.162. The van der Waals surface area contributed by atoms with Crippen LogP contribution >= 0.6 is 0 Å². The molecule has 1 aromatic heterocycles. The normalized spacial score (nSPS) is 17.2. The zero-order valence-electron chi connectivity index (χ0n) is 11.6. The van der Waals surface area contributed by atoms with Crippen LogP contribution in [-0.2, 0) is 11.0 Å². The molecule has 1 fully saturated rings. The predicted octanol–water partition coefficient (Wildman–Crippen LogP) is 2.62. The Hall–Kier alpha value is -2.12. The first-order chi connectivity index (χ1) is 10.2. The number of nitrogens with one attached hydrogen (secondary N) is 1. The Morgan fingerprint density at radius 3 is 2.36 bits per heavy atom. The number of halogens is 3. The monoisotopic (exact) mass is 316 g/mol. The van der Waals surface area contributed by atoms with Crippen molar-refractivity contribution in [2.45, 2.75) is 43.8 Å². The van der Waals surface area contributed by atoms with E-state index in [1.165, 1.54) is 0 Å². The van der Waals surface area contributed by atoms with Crippen LogP contribution in [0.1, 0.15) is 48.2 Å². The van der Waals surface area contributed by atoms with E-state index in [1.807, 2.05) is 0 Å². The van der Waals surface area contributed by atoms with Crippen LogP contribution in [-0.4, -0.2) is 27.5 Å². The Labute approximate surface area is 124 Å². The summed E-state index contributed by atoms with van der Waals surface area (Å²) in [7, 11) is 0. The van der Waals surface area contributed by atoms with E-state index in [4.69, 9.17) is 5.11 Å². The summed E-state index contributed by atoms with van der Waals surface area (Å²) in [5, 5.41) is 11.6. The smallest absolute Gasteiger partial charge is 0.417 e. The van der Waals surface area contributed by atoms with Gasteiger partial charge in [-0.2, -0.15) is 13.2 Å². The van der Waals surface area contributed by atoms with E-state index < -0.39 is 29.2 Å². The van der Waals surface area contributed by atoms with Crippen molar-refractivity contribution < 1.29 is 27.9 Å². The van der Waals surface area contributed by atoms with E-state index in [0.717, 1.165) is 25.0 Å². The van der Waals surface area contributed by atoms with Gasteiger partial charge in [0.25, 0.3) is 5.91 Å². The minimum Gasteiger partial charge on any atom is -0.481 e. The number of nitrogens with zero attached hydrogens (tertiary/aromatic N) is 1. The maximum atomic E-state index is 12.4. The van der Waals surface area contributed by atoms with Crippen molar-refractivity contribution in [2.75, 3.05) is 0 Å². The summed E-state index contributed by atoms with van der Waals surface area (Å²) in [5.74, 6) is -1.68. The molecule has 1 aromatic rings. The number of carboxylic acids is 1. The number of pyridine rings is 1. The largest absolute Gasteiger partial charge is 0.481 e. The topological polar surface area (TPSA) is 79.3 Å². The summed E-state index contributed by atoms with van der Waals surface area (Å²) in [6.07, 6.45) is -1.47. The predicted molar refractivity (Wildman–Crippen MR) is 70.2 cm³/mol. The van der Waals surface area contributed by atoms with E-state index in [2.05, 4.69) is 10.3 Å². The summed E-state index contributed by atoms with van der Waals surface area (Å²) >= 11 is 0. The van der Waals surface area contributed by atoms with Crippen LogP contribution in [0.3, 0.4) is 0 Å². The third-order valence-corrected chi connectivity index (χ3v) is 3.75. The van der Waals surface area contributed by atoms with E-state index in [-0.39, 0.29) is 12.1 Å². The van der Waals surface area contributed by atoms with Gasteiger partial charge in [-0.05, 0) is 25.0 Å².